The molecule has 1 heterocycles. The van der Waals surface area contributed by atoms with Gasteiger partial charge in [-0.05, 0) is 25.0 Å². The van der Waals surface area contributed by atoms with E-state index < -0.39 is 11.9 Å². The van der Waals surface area contributed by atoms with E-state index in [-0.39, 0.29) is 18.5 Å². The molecule has 5 heteroatoms. The predicted octanol–water partition coefficient (Wildman–Crippen LogP) is 1.34. The second kappa shape index (κ2) is 4.61. The van der Waals surface area contributed by atoms with Crippen molar-refractivity contribution in [2.75, 3.05) is 6.54 Å². The topological polar surface area (TPSA) is 73.4 Å². The molecule has 1 aromatic rings. The molecule has 2 N–H and O–H groups in total. The van der Waals surface area contributed by atoms with E-state index in [2.05, 4.69) is 4.98 Å². The van der Waals surface area contributed by atoms with Gasteiger partial charge in [0.1, 0.15) is 5.69 Å². The van der Waals surface area contributed by atoms with Crippen molar-refractivity contribution >= 4 is 11.9 Å². The fourth-order valence-electron chi connectivity index (χ4n) is 1.78. The number of aliphatic carboxylic acids is 1. The Labute approximate surface area is 99.4 Å². The molecule has 1 saturated carbocycles. The van der Waals surface area contributed by atoms with Crippen LogP contribution in [0.5, 0.6) is 0 Å². The van der Waals surface area contributed by atoms with Gasteiger partial charge < -0.3 is 15.0 Å². The number of rotatable bonds is 5. The fourth-order valence-corrected chi connectivity index (χ4v) is 1.78. The lowest BCUT2D eigenvalue weighted by molar-refractivity contribution is -0.141. The lowest BCUT2D eigenvalue weighted by Gasteiger charge is -2.23. The average molecular weight is 236 g/mol. The minimum absolute atomic E-state index is 0.106. The van der Waals surface area contributed by atoms with Crippen LogP contribution in [0.3, 0.4) is 0 Å². The Morgan fingerprint density at radius 2 is 2.29 bits per heavy atom. The Kier molecular flexibility index (Phi) is 3.17. The summed E-state index contributed by atoms with van der Waals surface area (Å²) in [5.41, 5.74) is 0.523. The molecule has 1 unspecified atom stereocenters. The van der Waals surface area contributed by atoms with E-state index >= 15 is 0 Å². The highest BCUT2D eigenvalue weighted by Crippen LogP contribution is 2.28. The molecular formula is C12H16N2O3. The highest BCUT2D eigenvalue weighted by atomic mass is 16.4. The van der Waals surface area contributed by atoms with Crippen molar-refractivity contribution in [1.82, 2.24) is 9.88 Å². The maximum Gasteiger partial charge on any atom is 0.308 e. The van der Waals surface area contributed by atoms with Gasteiger partial charge >= 0.3 is 5.97 Å². The zero-order chi connectivity index (χ0) is 12.4. The molecule has 1 aliphatic carbocycles. The second-order valence-electron chi connectivity index (χ2n) is 4.51. The van der Waals surface area contributed by atoms with E-state index in [1.807, 2.05) is 0 Å². The molecule has 0 saturated heterocycles. The monoisotopic (exact) mass is 236 g/mol. The largest absolute Gasteiger partial charge is 0.481 e. The molecular weight excluding hydrogens is 220 g/mol. The number of hydrogen-bond acceptors (Lipinski definition) is 2. The summed E-state index contributed by atoms with van der Waals surface area (Å²) >= 11 is 0. The average Bonchev–Trinajstić information content (AvgIpc) is 2.98. The maximum atomic E-state index is 12.1. The molecule has 0 aliphatic heterocycles. The van der Waals surface area contributed by atoms with Gasteiger partial charge in [0.25, 0.3) is 5.91 Å². The Hall–Kier alpha value is -1.78. The third-order valence-electron chi connectivity index (χ3n) is 2.97. The van der Waals surface area contributed by atoms with Crippen LogP contribution in [0.2, 0.25) is 0 Å². The van der Waals surface area contributed by atoms with E-state index in [4.69, 9.17) is 5.11 Å². The Balaban J connectivity index is 2.07. The number of hydrogen-bond donors (Lipinski definition) is 2. The van der Waals surface area contributed by atoms with Gasteiger partial charge in [-0.15, -0.1) is 0 Å². The van der Waals surface area contributed by atoms with Gasteiger partial charge in [-0.25, -0.2) is 0 Å². The van der Waals surface area contributed by atoms with E-state index in [9.17, 15) is 9.59 Å². The van der Waals surface area contributed by atoms with Gasteiger partial charge in [0, 0.05) is 18.8 Å². The van der Waals surface area contributed by atoms with Gasteiger partial charge in [-0.2, -0.15) is 0 Å². The number of nitrogens with one attached hydrogen (secondary N) is 1. The van der Waals surface area contributed by atoms with Gasteiger partial charge in [0.05, 0.1) is 5.92 Å². The third-order valence-corrected chi connectivity index (χ3v) is 2.97. The molecule has 1 aliphatic rings. The number of carbonyl (C=O) groups is 2. The molecule has 92 valence electrons. The van der Waals surface area contributed by atoms with E-state index in [0.717, 1.165) is 12.8 Å². The standard InChI is InChI=1S/C12H16N2O3/c1-8(12(16)17)7-14(9-4-5-9)11(15)10-3-2-6-13-10/h2-3,6,8-9,13H,4-5,7H2,1H3,(H,16,17). The van der Waals surface area contributed by atoms with Gasteiger partial charge in [0.2, 0.25) is 0 Å². The van der Waals surface area contributed by atoms with E-state index in [1.54, 1.807) is 30.2 Å². The molecule has 1 fully saturated rings. The van der Waals surface area contributed by atoms with Crippen LogP contribution in [0.1, 0.15) is 30.3 Å². The molecule has 17 heavy (non-hydrogen) atoms. The van der Waals surface area contributed by atoms with Crippen LogP contribution >= 0.6 is 0 Å². The molecule has 0 radical (unpaired) electrons. The van der Waals surface area contributed by atoms with Crippen LogP contribution < -0.4 is 0 Å². The van der Waals surface area contributed by atoms with Crippen molar-refractivity contribution in [3.05, 3.63) is 24.0 Å². The molecule has 1 aromatic heterocycles. The summed E-state index contributed by atoms with van der Waals surface area (Å²) < 4.78 is 0. The molecule has 1 atom stereocenters. The first kappa shape index (κ1) is 11.7. The summed E-state index contributed by atoms with van der Waals surface area (Å²) in [6.45, 7) is 1.90. The quantitative estimate of drug-likeness (QED) is 0.810. The second-order valence-corrected chi connectivity index (χ2v) is 4.51. The number of carbonyl (C=O) groups excluding carboxylic acids is 1. The van der Waals surface area contributed by atoms with Crippen LogP contribution in [-0.4, -0.2) is 39.5 Å². The van der Waals surface area contributed by atoms with Gasteiger partial charge in [0.15, 0.2) is 0 Å². The molecule has 0 bridgehead atoms. The first-order valence-corrected chi connectivity index (χ1v) is 5.76. The fraction of sp³-hybridized carbons (Fsp3) is 0.500. The summed E-state index contributed by atoms with van der Waals surface area (Å²) in [6, 6.07) is 3.69. The lowest BCUT2D eigenvalue weighted by Crippen LogP contribution is -2.38. The van der Waals surface area contributed by atoms with Gasteiger partial charge in [-0.1, -0.05) is 6.92 Å². The zero-order valence-electron chi connectivity index (χ0n) is 9.72. The lowest BCUT2D eigenvalue weighted by atomic mass is 10.1. The van der Waals surface area contributed by atoms with E-state index in [0.29, 0.717) is 5.69 Å². The highest BCUT2D eigenvalue weighted by Gasteiger charge is 2.35. The number of amides is 1. The summed E-state index contributed by atoms with van der Waals surface area (Å²) in [4.78, 5) is 27.5. The highest BCUT2D eigenvalue weighted by molar-refractivity contribution is 5.93. The van der Waals surface area contributed by atoms with Crippen molar-refractivity contribution in [3.8, 4) is 0 Å². The number of carboxylic acid groups (broad SMARTS) is 1. The normalized spacial score (nSPS) is 16.5. The van der Waals surface area contributed by atoms with Crippen LogP contribution in [0.15, 0.2) is 18.3 Å². The van der Waals surface area contributed by atoms with Crippen LogP contribution in [0.4, 0.5) is 0 Å². The van der Waals surface area contributed by atoms with Crippen molar-refractivity contribution in [3.63, 3.8) is 0 Å². The van der Waals surface area contributed by atoms with E-state index in [1.165, 1.54) is 0 Å². The van der Waals surface area contributed by atoms with Crippen LogP contribution in [0.25, 0.3) is 0 Å². The number of aromatic nitrogens is 1. The van der Waals surface area contributed by atoms with Gasteiger partial charge in [-0.3, -0.25) is 9.59 Å². The van der Waals surface area contributed by atoms with Crippen molar-refractivity contribution in [2.24, 2.45) is 5.92 Å². The zero-order valence-corrected chi connectivity index (χ0v) is 9.72. The van der Waals surface area contributed by atoms with Crippen LogP contribution in [0, 0.1) is 5.92 Å². The smallest absolute Gasteiger partial charge is 0.308 e. The molecule has 0 aromatic carbocycles. The molecule has 0 spiro atoms. The molecule has 5 nitrogen and oxygen atoms in total. The van der Waals surface area contributed by atoms with Crippen LogP contribution in [-0.2, 0) is 4.79 Å². The summed E-state index contributed by atoms with van der Waals surface area (Å²) in [6.07, 6.45) is 3.64. The van der Waals surface area contributed by atoms with Crippen molar-refractivity contribution in [2.45, 2.75) is 25.8 Å². The molecule has 1 amide bonds. The van der Waals surface area contributed by atoms with Crippen molar-refractivity contribution < 1.29 is 14.7 Å². The maximum absolute atomic E-state index is 12.1. The third kappa shape index (κ3) is 2.67. The predicted molar refractivity (Wildman–Crippen MR) is 61.7 cm³/mol. The SMILES string of the molecule is CC(CN(C(=O)c1ccc[nH]1)C1CC1)C(=O)O. The summed E-state index contributed by atoms with van der Waals surface area (Å²) in [7, 11) is 0. The molecule has 2 rings (SSSR count). The Bertz CT molecular complexity index is 409. The minimum Gasteiger partial charge on any atom is -0.481 e. The first-order valence-electron chi connectivity index (χ1n) is 5.76. The first-order chi connectivity index (χ1) is 8.09. The minimum atomic E-state index is -0.866. The van der Waals surface area contributed by atoms with Crippen molar-refractivity contribution in [1.29, 1.82) is 0 Å². The number of nitrogens with zero attached hydrogens (tertiary/aromatic N) is 1. The summed E-state index contributed by atoms with van der Waals surface area (Å²) in [5.74, 6) is -1.50. The Morgan fingerprint density at radius 3 is 2.76 bits per heavy atom. The Morgan fingerprint density at radius 1 is 1.59 bits per heavy atom. The number of aromatic amines is 1. The summed E-state index contributed by atoms with van der Waals surface area (Å²) in [5, 5.41) is 8.90. The number of H-pyrrole nitrogens is 1. The number of carboxylic acids is 1.